The Hall–Kier alpha value is -0.0900. The van der Waals surface area contributed by atoms with E-state index in [1.54, 1.807) is 0 Å². The normalized spacial score (nSPS) is 11.7. The van der Waals surface area contributed by atoms with Crippen LogP contribution >= 0.6 is 38.5 Å². The van der Waals surface area contributed by atoms with Crippen LogP contribution in [0.1, 0.15) is 24.9 Å². The van der Waals surface area contributed by atoms with Gasteiger partial charge in [-0.2, -0.15) is 0 Å². The molecule has 2 nitrogen and oxygen atoms in total. The maximum absolute atomic E-state index is 5.52. The van der Waals surface area contributed by atoms with Gasteiger partial charge in [0.1, 0.15) is 0 Å². The number of benzene rings is 1. The fourth-order valence-corrected chi connectivity index (χ4v) is 2.28. The minimum Gasteiger partial charge on any atom is -0.271 e. The van der Waals surface area contributed by atoms with Gasteiger partial charge in [0.25, 0.3) is 0 Å². The van der Waals surface area contributed by atoms with E-state index in [1.165, 1.54) is 3.57 Å². The second kappa shape index (κ2) is 6.48. The van der Waals surface area contributed by atoms with Crippen LogP contribution in [0.2, 0.25) is 0 Å². The molecular formula is C11H12BrIN2. The Morgan fingerprint density at radius 3 is 2.93 bits per heavy atom. The zero-order valence-electron chi connectivity index (χ0n) is 8.35. The Morgan fingerprint density at radius 2 is 2.33 bits per heavy atom. The molecule has 0 aliphatic heterocycles. The third-order valence-corrected chi connectivity index (χ3v) is 3.41. The molecule has 0 amide bonds. The molecular weight excluding hydrogens is 367 g/mol. The summed E-state index contributed by atoms with van der Waals surface area (Å²) in [6, 6.07) is 6.25. The van der Waals surface area contributed by atoms with Gasteiger partial charge in [0.15, 0.2) is 0 Å². The number of hydrogen-bond acceptors (Lipinski definition) is 2. The molecule has 0 heterocycles. The summed E-state index contributed by atoms with van der Waals surface area (Å²) >= 11 is 5.80. The molecule has 1 unspecified atom stereocenters. The summed E-state index contributed by atoms with van der Waals surface area (Å²) in [6.07, 6.45) is 0.714. The van der Waals surface area contributed by atoms with E-state index in [-0.39, 0.29) is 6.04 Å². The van der Waals surface area contributed by atoms with Crippen molar-refractivity contribution in [3.63, 3.8) is 0 Å². The molecule has 1 atom stereocenters. The number of rotatable bonds is 3. The first-order valence-corrected chi connectivity index (χ1v) is 6.37. The average molecular weight is 379 g/mol. The van der Waals surface area contributed by atoms with Gasteiger partial charge in [0, 0.05) is 14.5 Å². The highest BCUT2D eigenvalue weighted by Gasteiger charge is 2.11. The highest BCUT2D eigenvalue weighted by Crippen LogP contribution is 2.26. The smallest absolute Gasteiger partial charge is 0.0580 e. The van der Waals surface area contributed by atoms with Crippen molar-refractivity contribution in [1.29, 1.82) is 0 Å². The van der Waals surface area contributed by atoms with Crippen LogP contribution in [0.3, 0.4) is 0 Å². The SMILES string of the molecule is CC#CCC(NN)c1cc(I)ccc1Br. The topological polar surface area (TPSA) is 38.0 Å². The summed E-state index contributed by atoms with van der Waals surface area (Å²) in [7, 11) is 0. The zero-order valence-corrected chi connectivity index (χ0v) is 12.1. The molecule has 1 aromatic carbocycles. The van der Waals surface area contributed by atoms with E-state index < -0.39 is 0 Å². The van der Waals surface area contributed by atoms with Gasteiger partial charge < -0.3 is 0 Å². The Kier molecular flexibility index (Phi) is 5.61. The molecule has 15 heavy (non-hydrogen) atoms. The molecule has 0 aromatic heterocycles. The standard InChI is InChI=1S/C11H12BrIN2/c1-2-3-4-11(15-14)9-7-8(13)5-6-10(9)12/h5-7,11,15H,4,14H2,1H3. The maximum atomic E-state index is 5.52. The molecule has 0 fully saturated rings. The summed E-state index contributed by atoms with van der Waals surface area (Å²) in [5.74, 6) is 11.4. The molecule has 4 heteroatoms. The molecule has 80 valence electrons. The number of hydrazine groups is 1. The molecule has 0 saturated heterocycles. The van der Waals surface area contributed by atoms with Crippen molar-refractivity contribution >= 4 is 38.5 Å². The first kappa shape index (κ1) is 13.0. The number of hydrogen-bond donors (Lipinski definition) is 2. The third kappa shape index (κ3) is 3.76. The van der Waals surface area contributed by atoms with Crippen LogP contribution in [0.4, 0.5) is 0 Å². The predicted octanol–water partition coefficient (Wildman–Crippen LogP) is 2.97. The van der Waals surface area contributed by atoms with Crippen LogP contribution in [0.25, 0.3) is 0 Å². The van der Waals surface area contributed by atoms with Crippen LogP contribution in [-0.4, -0.2) is 0 Å². The van der Waals surface area contributed by atoms with Crippen molar-refractivity contribution in [3.8, 4) is 11.8 Å². The van der Waals surface area contributed by atoms with Gasteiger partial charge in [-0.05, 0) is 53.3 Å². The quantitative estimate of drug-likeness (QED) is 0.367. The molecule has 0 radical (unpaired) electrons. The molecule has 3 N–H and O–H groups in total. The van der Waals surface area contributed by atoms with Crippen molar-refractivity contribution in [2.75, 3.05) is 0 Å². The van der Waals surface area contributed by atoms with Gasteiger partial charge in [0.2, 0.25) is 0 Å². The highest BCUT2D eigenvalue weighted by atomic mass is 127. The zero-order chi connectivity index (χ0) is 11.3. The molecule has 0 aliphatic carbocycles. The molecule has 0 spiro atoms. The van der Waals surface area contributed by atoms with Gasteiger partial charge >= 0.3 is 0 Å². The van der Waals surface area contributed by atoms with Gasteiger partial charge in [-0.3, -0.25) is 11.3 Å². The number of nitrogens with one attached hydrogen (secondary N) is 1. The first-order chi connectivity index (χ1) is 7.19. The van der Waals surface area contributed by atoms with Crippen molar-refractivity contribution in [1.82, 2.24) is 5.43 Å². The summed E-state index contributed by atoms with van der Waals surface area (Å²) in [5, 5.41) is 0. The van der Waals surface area contributed by atoms with Crippen LogP contribution < -0.4 is 11.3 Å². The fourth-order valence-electron chi connectivity index (χ4n) is 1.24. The molecule has 0 aliphatic rings. The second-order valence-electron chi connectivity index (χ2n) is 3.02. The Morgan fingerprint density at radius 1 is 1.60 bits per heavy atom. The summed E-state index contributed by atoms with van der Waals surface area (Å²) in [5.41, 5.74) is 3.93. The van der Waals surface area contributed by atoms with Gasteiger partial charge in [-0.1, -0.05) is 15.9 Å². The average Bonchev–Trinajstić information content (AvgIpc) is 2.24. The van der Waals surface area contributed by atoms with Gasteiger partial charge in [0.05, 0.1) is 6.04 Å². The highest BCUT2D eigenvalue weighted by molar-refractivity contribution is 14.1. The van der Waals surface area contributed by atoms with E-state index in [1.807, 2.05) is 19.1 Å². The lowest BCUT2D eigenvalue weighted by atomic mass is 10.1. The van der Waals surface area contributed by atoms with Gasteiger partial charge in [-0.15, -0.1) is 11.8 Å². The first-order valence-electron chi connectivity index (χ1n) is 4.49. The van der Waals surface area contributed by atoms with Crippen LogP contribution in [0, 0.1) is 15.4 Å². The van der Waals surface area contributed by atoms with Crippen LogP contribution in [0.5, 0.6) is 0 Å². The van der Waals surface area contributed by atoms with E-state index in [0.717, 1.165) is 10.0 Å². The lowest BCUT2D eigenvalue weighted by Gasteiger charge is -2.15. The summed E-state index contributed by atoms with van der Waals surface area (Å²) < 4.78 is 2.25. The fraction of sp³-hybridized carbons (Fsp3) is 0.273. The monoisotopic (exact) mass is 378 g/mol. The predicted molar refractivity (Wildman–Crippen MR) is 75.0 cm³/mol. The van der Waals surface area contributed by atoms with Crippen LogP contribution in [-0.2, 0) is 0 Å². The van der Waals surface area contributed by atoms with E-state index in [9.17, 15) is 0 Å². The minimum absolute atomic E-state index is 0.0709. The van der Waals surface area contributed by atoms with Crippen molar-refractivity contribution in [2.45, 2.75) is 19.4 Å². The Balaban J connectivity index is 2.98. The largest absolute Gasteiger partial charge is 0.271 e. The van der Waals surface area contributed by atoms with Crippen LogP contribution in [0.15, 0.2) is 22.7 Å². The molecule has 1 rings (SSSR count). The second-order valence-corrected chi connectivity index (χ2v) is 5.12. The Labute approximate surface area is 112 Å². The third-order valence-electron chi connectivity index (χ3n) is 2.02. The van der Waals surface area contributed by atoms with E-state index in [0.29, 0.717) is 6.42 Å². The van der Waals surface area contributed by atoms with Crippen molar-refractivity contribution in [2.24, 2.45) is 5.84 Å². The summed E-state index contributed by atoms with van der Waals surface area (Å²) in [4.78, 5) is 0. The lowest BCUT2D eigenvalue weighted by Crippen LogP contribution is -2.28. The Bertz CT molecular complexity index is 395. The van der Waals surface area contributed by atoms with E-state index in [4.69, 9.17) is 5.84 Å². The molecule has 0 bridgehead atoms. The van der Waals surface area contributed by atoms with Gasteiger partial charge in [-0.25, -0.2) is 0 Å². The maximum Gasteiger partial charge on any atom is 0.0580 e. The molecule has 1 aromatic rings. The molecule has 0 saturated carbocycles. The van der Waals surface area contributed by atoms with Crippen molar-refractivity contribution in [3.05, 3.63) is 31.8 Å². The van der Waals surface area contributed by atoms with E-state index in [2.05, 4.69) is 61.9 Å². The van der Waals surface area contributed by atoms with E-state index >= 15 is 0 Å². The number of halogens is 2. The number of nitrogens with two attached hydrogens (primary N) is 1. The minimum atomic E-state index is 0.0709. The van der Waals surface area contributed by atoms with Crippen molar-refractivity contribution < 1.29 is 0 Å². The lowest BCUT2D eigenvalue weighted by molar-refractivity contribution is 0.565. The summed E-state index contributed by atoms with van der Waals surface area (Å²) in [6.45, 7) is 1.83.